The lowest BCUT2D eigenvalue weighted by Crippen LogP contribution is -2.45. The van der Waals surface area contributed by atoms with Gasteiger partial charge >= 0.3 is 5.97 Å². The van der Waals surface area contributed by atoms with Gasteiger partial charge in [-0.05, 0) is 37.1 Å². The van der Waals surface area contributed by atoms with Crippen LogP contribution < -0.4 is 10.1 Å². The lowest BCUT2D eigenvalue weighted by molar-refractivity contribution is -0.145. The summed E-state index contributed by atoms with van der Waals surface area (Å²) in [5.41, 5.74) is 0. The van der Waals surface area contributed by atoms with Gasteiger partial charge in [0.2, 0.25) is 17.9 Å². The third-order valence-corrected chi connectivity index (χ3v) is 3.86. The molecule has 1 aromatic rings. The molecule has 0 radical (unpaired) electrons. The average Bonchev–Trinajstić information content (AvgIpc) is 2.77. The zero-order valence-corrected chi connectivity index (χ0v) is 13.7. The quantitative estimate of drug-likeness (QED) is 0.768. The maximum absolute atomic E-state index is 12.9. The van der Waals surface area contributed by atoms with Crippen molar-refractivity contribution < 1.29 is 28.6 Å². The van der Waals surface area contributed by atoms with Crippen LogP contribution in [0.25, 0.3) is 0 Å². The minimum Gasteiger partial charge on any atom is -0.478 e. The van der Waals surface area contributed by atoms with Crippen LogP contribution >= 0.6 is 0 Å². The van der Waals surface area contributed by atoms with Gasteiger partial charge in [0.05, 0.1) is 13.1 Å². The first kappa shape index (κ1) is 18.7. The third kappa shape index (κ3) is 6.06. The van der Waals surface area contributed by atoms with Crippen LogP contribution in [-0.2, 0) is 14.4 Å². The molecule has 7 nitrogen and oxygen atoms in total. The summed E-state index contributed by atoms with van der Waals surface area (Å²) < 4.78 is 18.1. The van der Waals surface area contributed by atoms with Crippen LogP contribution in [0, 0.1) is 5.82 Å². The van der Waals surface area contributed by atoms with Crippen molar-refractivity contribution in [1.82, 2.24) is 10.2 Å². The summed E-state index contributed by atoms with van der Waals surface area (Å²) >= 11 is 0. The molecular weight excluding hydrogens is 331 g/mol. The van der Waals surface area contributed by atoms with E-state index in [2.05, 4.69) is 5.32 Å². The summed E-state index contributed by atoms with van der Waals surface area (Å²) in [6.45, 7) is 0.177. The second-order valence-electron chi connectivity index (χ2n) is 5.83. The van der Waals surface area contributed by atoms with Crippen molar-refractivity contribution in [3.63, 3.8) is 0 Å². The molecule has 1 aromatic carbocycles. The van der Waals surface area contributed by atoms with E-state index < -0.39 is 23.8 Å². The van der Waals surface area contributed by atoms with E-state index in [1.165, 1.54) is 17.0 Å². The van der Waals surface area contributed by atoms with E-state index in [-0.39, 0.29) is 24.7 Å². The van der Waals surface area contributed by atoms with Gasteiger partial charge in [-0.2, -0.15) is 0 Å². The Morgan fingerprint density at radius 3 is 2.64 bits per heavy atom. The molecule has 0 bridgehead atoms. The lowest BCUT2D eigenvalue weighted by atomic mass is 10.2. The summed E-state index contributed by atoms with van der Waals surface area (Å²) in [7, 11) is 0. The summed E-state index contributed by atoms with van der Waals surface area (Å²) in [5, 5.41) is 11.7. The van der Waals surface area contributed by atoms with Crippen LogP contribution in [0.15, 0.2) is 24.3 Å². The number of carboxylic acid groups (broad SMARTS) is 1. The Bertz CT molecular complexity index is 620. The molecule has 1 aliphatic rings. The molecule has 2 N–H and O–H groups in total. The van der Waals surface area contributed by atoms with Gasteiger partial charge in [0.25, 0.3) is 0 Å². The predicted molar refractivity (Wildman–Crippen MR) is 86.5 cm³/mol. The second-order valence-corrected chi connectivity index (χ2v) is 5.83. The van der Waals surface area contributed by atoms with Crippen molar-refractivity contribution in [1.29, 1.82) is 0 Å². The molecule has 8 heteroatoms. The number of hydrogen-bond donors (Lipinski definition) is 2. The zero-order chi connectivity index (χ0) is 18.2. The molecule has 1 fully saturated rings. The minimum absolute atomic E-state index is 0.0648. The van der Waals surface area contributed by atoms with Crippen LogP contribution in [0.4, 0.5) is 4.39 Å². The molecule has 0 saturated carbocycles. The number of nitrogens with one attached hydrogen (secondary N) is 1. The number of halogens is 1. The van der Waals surface area contributed by atoms with E-state index in [1.54, 1.807) is 0 Å². The molecule has 0 aromatic heterocycles. The fourth-order valence-corrected chi connectivity index (χ4v) is 2.50. The van der Waals surface area contributed by atoms with E-state index in [9.17, 15) is 23.9 Å². The van der Waals surface area contributed by atoms with Gasteiger partial charge in [-0.25, -0.2) is 9.18 Å². The first-order chi connectivity index (χ1) is 12.0. The smallest absolute Gasteiger partial charge is 0.346 e. The van der Waals surface area contributed by atoms with Gasteiger partial charge in [-0.3, -0.25) is 9.59 Å². The topological polar surface area (TPSA) is 95.9 Å². The number of carbonyl (C=O) groups excluding carboxylic acids is 2. The number of aliphatic carboxylic acids is 1. The number of carboxylic acids is 1. The average molecular weight is 352 g/mol. The van der Waals surface area contributed by atoms with Crippen molar-refractivity contribution in [3.05, 3.63) is 30.1 Å². The standard InChI is InChI=1S/C17H21FN2O5/c18-12-5-7-13(8-6-12)25-14(17(23)24)10-19-15(21)11-20-9-3-1-2-4-16(20)22/h5-8,14H,1-4,9-11H2,(H,19,21)(H,23,24). The molecule has 1 atom stereocenters. The highest BCUT2D eigenvalue weighted by Gasteiger charge is 2.23. The van der Waals surface area contributed by atoms with Crippen molar-refractivity contribution >= 4 is 17.8 Å². The van der Waals surface area contributed by atoms with Crippen LogP contribution in [0.1, 0.15) is 25.7 Å². The number of nitrogens with zero attached hydrogens (tertiary/aromatic N) is 1. The summed E-state index contributed by atoms with van der Waals surface area (Å²) in [5.74, 6) is -2.04. The van der Waals surface area contributed by atoms with Crippen molar-refractivity contribution in [2.75, 3.05) is 19.6 Å². The number of amides is 2. The molecule has 2 amide bonds. The first-order valence-electron chi connectivity index (χ1n) is 8.15. The van der Waals surface area contributed by atoms with E-state index >= 15 is 0 Å². The number of likely N-dealkylation sites (tertiary alicyclic amines) is 1. The third-order valence-electron chi connectivity index (χ3n) is 3.86. The van der Waals surface area contributed by atoms with Gasteiger partial charge in [-0.15, -0.1) is 0 Å². The van der Waals surface area contributed by atoms with Gasteiger partial charge in [0, 0.05) is 13.0 Å². The van der Waals surface area contributed by atoms with Crippen LogP contribution in [-0.4, -0.2) is 53.5 Å². The molecule has 1 saturated heterocycles. The van der Waals surface area contributed by atoms with Crippen molar-refractivity contribution in [2.24, 2.45) is 0 Å². The monoisotopic (exact) mass is 352 g/mol. The molecule has 25 heavy (non-hydrogen) atoms. The van der Waals surface area contributed by atoms with E-state index in [1.807, 2.05) is 0 Å². The molecular formula is C17H21FN2O5. The highest BCUT2D eigenvalue weighted by atomic mass is 19.1. The summed E-state index contributed by atoms with van der Waals surface area (Å²) in [6, 6.07) is 4.92. The molecule has 1 aliphatic heterocycles. The van der Waals surface area contributed by atoms with E-state index in [4.69, 9.17) is 4.74 Å². The Labute approximate surface area is 144 Å². The Hall–Kier alpha value is -2.64. The molecule has 1 unspecified atom stereocenters. The maximum Gasteiger partial charge on any atom is 0.346 e. The van der Waals surface area contributed by atoms with E-state index in [0.717, 1.165) is 31.4 Å². The van der Waals surface area contributed by atoms with Gasteiger partial charge in [-0.1, -0.05) is 6.42 Å². The largest absolute Gasteiger partial charge is 0.478 e. The molecule has 1 heterocycles. The zero-order valence-electron chi connectivity index (χ0n) is 13.7. The molecule has 136 valence electrons. The molecule has 0 spiro atoms. The van der Waals surface area contributed by atoms with Crippen molar-refractivity contribution in [3.8, 4) is 5.75 Å². The molecule has 2 rings (SSSR count). The Morgan fingerprint density at radius 1 is 1.24 bits per heavy atom. The SMILES string of the molecule is O=C(CN1CCCCCC1=O)NCC(Oc1ccc(F)cc1)C(=O)O. The first-order valence-corrected chi connectivity index (χ1v) is 8.15. The molecule has 0 aliphatic carbocycles. The van der Waals surface area contributed by atoms with Crippen molar-refractivity contribution in [2.45, 2.75) is 31.8 Å². The fourth-order valence-electron chi connectivity index (χ4n) is 2.50. The van der Waals surface area contributed by atoms with Gasteiger partial charge < -0.3 is 20.1 Å². The Balaban J connectivity index is 1.85. The number of benzene rings is 1. The highest BCUT2D eigenvalue weighted by Crippen LogP contribution is 2.13. The summed E-state index contributed by atoms with van der Waals surface area (Å²) in [6.07, 6.45) is 1.75. The number of ether oxygens (including phenoxy) is 1. The number of rotatable bonds is 7. The Morgan fingerprint density at radius 2 is 1.96 bits per heavy atom. The van der Waals surface area contributed by atoms with E-state index in [0.29, 0.717) is 13.0 Å². The van der Waals surface area contributed by atoms with Crippen LogP contribution in [0.2, 0.25) is 0 Å². The normalized spacial score (nSPS) is 16.0. The van der Waals surface area contributed by atoms with Gasteiger partial charge in [0.15, 0.2) is 0 Å². The van der Waals surface area contributed by atoms with Crippen LogP contribution in [0.3, 0.4) is 0 Å². The fraction of sp³-hybridized carbons (Fsp3) is 0.471. The van der Waals surface area contributed by atoms with Gasteiger partial charge in [0.1, 0.15) is 11.6 Å². The lowest BCUT2D eigenvalue weighted by Gasteiger charge is -2.21. The maximum atomic E-state index is 12.9. The highest BCUT2D eigenvalue weighted by molar-refractivity contribution is 5.85. The number of carbonyl (C=O) groups is 3. The number of hydrogen-bond acceptors (Lipinski definition) is 4. The summed E-state index contributed by atoms with van der Waals surface area (Å²) in [4.78, 5) is 36.6. The minimum atomic E-state index is -1.31. The second kappa shape index (κ2) is 9.00. The Kier molecular flexibility index (Phi) is 6.73. The predicted octanol–water partition coefficient (Wildman–Crippen LogP) is 1.18. The van der Waals surface area contributed by atoms with Crippen LogP contribution in [0.5, 0.6) is 5.75 Å².